The first-order valence-electron chi connectivity index (χ1n) is 11.2. The van der Waals surface area contributed by atoms with E-state index in [1.54, 1.807) is 24.4 Å². The van der Waals surface area contributed by atoms with Crippen molar-refractivity contribution in [2.75, 3.05) is 26.2 Å². The van der Waals surface area contributed by atoms with Gasteiger partial charge in [-0.15, -0.1) is 0 Å². The number of rotatable bonds is 4. The van der Waals surface area contributed by atoms with E-state index >= 15 is 0 Å². The molecule has 2 aliphatic rings. The lowest BCUT2D eigenvalue weighted by Gasteiger charge is -2.34. The lowest BCUT2D eigenvalue weighted by molar-refractivity contribution is 0.182. The van der Waals surface area contributed by atoms with Gasteiger partial charge in [0.05, 0.1) is 0 Å². The van der Waals surface area contributed by atoms with Crippen LogP contribution in [-0.2, 0) is 29.4 Å². The van der Waals surface area contributed by atoms with Gasteiger partial charge in [-0.05, 0) is 60.2 Å². The van der Waals surface area contributed by atoms with Gasteiger partial charge in [0, 0.05) is 62.0 Å². The van der Waals surface area contributed by atoms with Crippen molar-refractivity contribution in [3.63, 3.8) is 0 Å². The van der Waals surface area contributed by atoms with Crippen molar-refractivity contribution < 1.29 is 12.8 Å². The number of nitrogens with one attached hydrogen (secondary N) is 1. The Labute approximate surface area is 190 Å². The van der Waals surface area contributed by atoms with Crippen LogP contribution in [0.3, 0.4) is 0 Å². The molecule has 6 rings (SSSR count). The fraction of sp³-hybridized carbons (Fsp3) is 0.333. The summed E-state index contributed by atoms with van der Waals surface area (Å²) in [6, 6.07) is 9.27. The van der Waals surface area contributed by atoms with Gasteiger partial charge in [0.25, 0.3) is 0 Å². The third-order valence-corrected chi connectivity index (χ3v) is 8.74. The van der Waals surface area contributed by atoms with Crippen LogP contribution in [0.15, 0.2) is 56.8 Å². The van der Waals surface area contributed by atoms with Crippen LogP contribution in [0.4, 0.5) is 0 Å². The highest BCUT2D eigenvalue weighted by molar-refractivity contribution is 7.89. The second-order valence-electron chi connectivity index (χ2n) is 8.79. The Morgan fingerprint density at radius 2 is 1.82 bits per heavy atom. The lowest BCUT2D eigenvalue weighted by Crippen LogP contribution is -2.48. The van der Waals surface area contributed by atoms with E-state index in [4.69, 9.17) is 4.42 Å². The number of fused-ring (bicyclic) bond motifs is 3. The molecule has 4 aromatic rings. The zero-order valence-corrected chi connectivity index (χ0v) is 18.9. The number of nitrogens with zero attached hydrogens (tertiary/aromatic N) is 3. The minimum Gasteiger partial charge on any atom is -0.423 e. The smallest absolute Gasteiger partial charge is 0.336 e. The summed E-state index contributed by atoms with van der Waals surface area (Å²) in [6.45, 7) is 2.55. The molecule has 0 atom stereocenters. The normalized spacial score (nSPS) is 17.7. The van der Waals surface area contributed by atoms with Gasteiger partial charge >= 0.3 is 5.63 Å². The van der Waals surface area contributed by atoms with Crippen LogP contribution in [0.2, 0.25) is 0 Å². The number of aromatic amines is 1. The van der Waals surface area contributed by atoms with E-state index in [9.17, 15) is 13.2 Å². The Morgan fingerprint density at radius 3 is 2.64 bits per heavy atom. The van der Waals surface area contributed by atoms with Crippen LogP contribution in [0.25, 0.3) is 22.0 Å². The molecule has 3 aromatic heterocycles. The first-order valence-corrected chi connectivity index (χ1v) is 12.7. The predicted molar refractivity (Wildman–Crippen MR) is 125 cm³/mol. The van der Waals surface area contributed by atoms with Crippen molar-refractivity contribution in [2.45, 2.75) is 30.7 Å². The van der Waals surface area contributed by atoms with Gasteiger partial charge in [-0.25, -0.2) is 18.2 Å². The monoisotopic (exact) mass is 464 g/mol. The standard InChI is InChI=1S/C24H24N4O4S/c29-23-13-18(20-11-16-3-1-4-17(16)12-21(20)32-23)15-27-7-9-28(10-8-27)33(30,31)22-14-26-24-19(22)5-2-6-25-24/h2,5-6,11-14H,1,3-4,7-10,15H2,(H,25,26). The second kappa shape index (κ2) is 7.79. The number of aryl methyl sites for hydroxylation is 2. The molecule has 9 heteroatoms. The maximum atomic E-state index is 13.3. The Morgan fingerprint density at radius 1 is 1.03 bits per heavy atom. The van der Waals surface area contributed by atoms with Gasteiger partial charge in [0.1, 0.15) is 16.1 Å². The molecule has 0 saturated carbocycles. The van der Waals surface area contributed by atoms with Crippen molar-refractivity contribution in [1.29, 1.82) is 0 Å². The summed E-state index contributed by atoms with van der Waals surface area (Å²) in [5.41, 5.74) is 4.42. The molecule has 1 aliphatic heterocycles. The summed E-state index contributed by atoms with van der Waals surface area (Å²) in [5.74, 6) is 0. The van der Waals surface area contributed by atoms with Gasteiger partial charge in [0.15, 0.2) is 0 Å². The van der Waals surface area contributed by atoms with Gasteiger partial charge < -0.3 is 9.40 Å². The maximum absolute atomic E-state index is 13.3. The molecule has 0 amide bonds. The minimum absolute atomic E-state index is 0.263. The highest BCUT2D eigenvalue weighted by Gasteiger charge is 2.31. The zero-order chi connectivity index (χ0) is 22.6. The number of pyridine rings is 1. The van der Waals surface area contributed by atoms with Crippen LogP contribution in [0.1, 0.15) is 23.1 Å². The van der Waals surface area contributed by atoms with Gasteiger partial charge in [-0.3, -0.25) is 4.90 Å². The van der Waals surface area contributed by atoms with Crippen molar-refractivity contribution in [1.82, 2.24) is 19.2 Å². The average molecular weight is 465 g/mol. The van der Waals surface area contributed by atoms with E-state index in [-0.39, 0.29) is 10.5 Å². The fourth-order valence-electron chi connectivity index (χ4n) is 5.08. The third kappa shape index (κ3) is 3.56. The zero-order valence-electron chi connectivity index (χ0n) is 18.1. The number of sulfonamides is 1. The van der Waals surface area contributed by atoms with Crippen LogP contribution >= 0.6 is 0 Å². The molecule has 0 unspecified atom stereocenters. The third-order valence-electron chi connectivity index (χ3n) is 6.80. The molecule has 4 heterocycles. The fourth-order valence-corrected chi connectivity index (χ4v) is 6.65. The Hall–Kier alpha value is -3.01. The molecule has 0 spiro atoms. The summed E-state index contributed by atoms with van der Waals surface area (Å²) < 4.78 is 33.5. The Kier molecular flexibility index (Phi) is 4.86. The summed E-state index contributed by atoms with van der Waals surface area (Å²) >= 11 is 0. The average Bonchev–Trinajstić information content (AvgIpc) is 3.45. The molecular weight excluding hydrogens is 440 g/mol. The largest absolute Gasteiger partial charge is 0.423 e. The molecular formula is C24H24N4O4S. The molecule has 1 aromatic carbocycles. The lowest BCUT2D eigenvalue weighted by atomic mass is 10.0. The summed E-state index contributed by atoms with van der Waals surface area (Å²) in [4.78, 5) is 21.8. The highest BCUT2D eigenvalue weighted by atomic mass is 32.2. The van der Waals surface area contributed by atoms with E-state index in [0.29, 0.717) is 49.3 Å². The minimum atomic E-state index is -3.62. The maximum Gasteiger partial charge on any atom is 0.336 e. The van der Waals surface area contributed by atoms with Crippen LogP contribution in [-0.4, -0.2) is 53.8 Å². The molecule has 0 bridgehead atoms. The van der Waals surface area contributed by atoms with Crippen LogP contribution in [0, 0.1) is 0 Å². The highest BCUT2D eigenvalue weighted by Crippen LogP contribution is 2.30. The molecule has 1 fully saturated rings. The van der Waals surface area contributed by atoms with E-state index < -0.39 is 10.0 Å². The number of H-pyrrole nitrogens is 1. The molecule has 1 N–H and O–H groups in total. The first-order chi connectivity index (χ1) is 16.0. The molecule has 1 aliphatic carbocycles. The molecule has 8 nitrogen and oxygen atoms in total. The van der Waals surface area contributed by atoms with Crippen molar-refractivity contribution in [2.24, 2.45) is 0 Å². The molecule has 1 saturated heterocycles. The van der Waals surface area contributed by atoms with Gasteiger partial charge in [-0.2, -0.15) is 4.31 Å². The van der Waals surface area contributed by atoms with E-state index in [0.717, 1.165) is 30.2 Å². The Balaban J connectivity index is 1.22. The summed E-state index contributed by atoms with van der Waals surface area (Å²) in [6.07, 6.45) is 6.38. The van der Waals surface area contributed by atoms with Gasteiger partial charge in [0.2, 0.25) is 10.0 Å². The summed E-state index contributed by atoms with van der Waals surface area (Å²) in [5, 5.41) is 1.59. The van der Waals surface area contributed by atoms with Crippen molar-refractivity contribution >= 4 is 32.0 Å². The predicted octanol–water partition coefficient (Wildman–Crippen LogP) is 2.66. The number of hydrogen-bond donors (Lipinski definition) is 1. The topological polar surface area (TPSA) is 99.5 Å². The number of hydrogen-bond acceptors (Lipinski definition) is 6. The number of aromatic nitrogens is 2. The van der Waals surface area contributed by atoms with E-state index in [1.807, 2.05) is 6.07 Å². The van der Waals surface area contributed by atoms with Crippen molar-refractivity contribution in [3.05, 3.63) is 69.8 Å². The van der Waals surface area contributed by atoms with Crippen LogP contribution in [0.5, 0.6) is 0 Å². The van der Waals surface area contributed by atoms with Gasteiger partial charge in [-0.1, -0.05) is 0 Å². The van der Waals surface area contributed by atoms with Crippen molar-refractivity contribution in [3.8, 4) is 0 Å². The Bertz CT molecular complexity index is 1530. The number of benzene rings is 1. The molecule has 0 radical (unpaired) electrons. The molecule has 170 valence electrons. The first kappa shape index (κ1) is 20.6. The molecule has 33 heavy (non-hydrogen) atoms. The van der Waals surface area contributed by atoms with E-state index in [1.165, 1.54) is 21.6 Å². The van der Waals surface area contributed by atoms with E-state index in [2.05, 4.69) is 20.9 Å². The number of piperazine rings is 1. The summed E-state index contributed by atoms with van der Waals surface area (Å²) in [7, 11) is -3.62. The SMILES string of the molecule is O=c1cc(CN2CCN(S(=O)(=O)c3c[nH]c4ncccc34)CC2)c2cc3c(cc2o1)CCC3. The quantitative estimate of drug-likeness (QED) is 0.466. The second-order valence-corrected chi connectivity index (χ2v) is 10.7. The van der Waals surface area contributed by atoms with Crippen LogP contribution < -0.4 is 5.63 Å².